The summed E-state index contributed by atoms with van der Waals surface area (Å²) in [5.74, 6) is -0.753. The molecular formula is C26H34N2O6P2. The molecule has 2 unspecified atom stereocenters. The molecule has 4 rings (SSSR count). The molecule has 8 nitrogen and oxygen atoms in total. The van der Waals surface area contributed by atoms with E-state index in [0.717, 1.165) is 22.1 Å². The van der Waals surface area contributed by atoms with E-state index in [9.17, 15) is 9.13 Å². The van der Waals surface area contributed by atoms with Crippen molar-refractivity contribution in [3.63, 3.8) is 0 Å². The fourth-order valence-corrected chi connectivity index (χ4v) is 9.01. The molecule has 10 heteroatoms. The van der Waals surface area contributed by atoms with Gasteiger partial charge in [-0.1, -0.05) is 36.4 Å². The van der Waals surface area contributed by atoms with Crippen LogP contribution in [0.25, 0.3) is 22.0 Å². The lowest BCUT2D eigenvalue weighted by atomic mass is 9.92. The molecule has 1 N–H and O–H groups in total. The zero-order valence-corrected chi connectivity index (χ0v) is 23.0. The van der Waals surface area contributed by atoms with Gasteiger partial charge in [0.05, 0.1) is 43.3 Å². The normalized spacial score (nSPS) is 18.1. The van der Waals surface area contributed by atoms with Crippen LogP contribution < -0.4 is 5.32 Å². The molecule has 0 fully saturated rings. The lowest BCUT2D eigenvalue weighted by molar-refractivity contribution is 0.203. The molecule has 0 radical (unpaired) electrons. The van der Waals surface area contributed by atoms with Crippen LogP contribution in [-0.4, -0.2) is 37.2 Å². The van der Waals surface area contributed by atoms with Gasteiger partial charge in [-0.2, -0.15) is 0 Å². The van der Waals surface area contributed by atoms with Crippen molar-refractivity contribution in [3.05, 3.63) is 60.3 Å². The van der Waals surface area contributed by atoms with Gasteiger partial charge in [-0.05, 0) is 62.9 Å². The molecule has 194 valence electrons. The van der Waals surface area contributed by atoms with Gasteiger partial charge in [0.1, 0.15) is 5.78 Å². The Labute approximate surface area is 212 Å². The van der Waals surface area contributed by atoms with Crippen LogP contribution >= 0.6 is 15.2 Å². The van der Waals surface area contributed by atoms with Crippen LogP contribution in [0.4, 0.5) is 5.69 Å². The molecule has 0 saturated carbocycles. The van der Waals surface area contributed by atoms with E-state index in [0.29, 0.717) is 11.2 Å². The molecule has 2 atom stereocenters. The Kier molecular flexibility index (Phi) is 8.67. The molecule has 3 aromatic rings. The van der Waals surface area contributed by atoms with Crippen molar-refractivity contribution in [1.29, 1.82) is 0 Å². The van der Waals surface area contributed by atoms with Gasteiger partial charge < -0.3 is 23.4 Å². The smallest absolute Gasteiger partial charge is 0.352 e. The second-order valence-electron chi connectivity index (χ2n) is 8.32. The maximum atomic E-state index is 14.2. The Bertz CT molecular complexity index is 1270. The predicted octanol–water partition coefficient (Wildman–Crippen LogP) is 7.62. The number of nitrogens with one attached hydrogen (secondary N) is 1. The number of nitrogens with zero attached hydrogens (tertiary/aromatic N) is 1. The first-order chi connectivity index (χ1) is 17.4. The van der Waals surface area contributed by atoms with Crippen LogP contribution in [0.3, 0.4) is 0 Å². The van der Waals surface area contributed by atoms with E-state index in [-0.39, 0.29) is 32.8 Å². The number of benzene rings is 2. The van der Waals surface area contributed by atoms with Crippen LogP contribution in [0.5, 0.6) is 0 Å². The Hall–Kier alpha value is -2.05. The number of anilines is 1. The van der Waals surface area contributed by atoms with Crippen molar-refractivity contribution in [1.82, 2.24) is 4.98 Å². The minimum absolute atomic E-state index is 0.189. The van der Waals surface area contributed by atoms with E-state index < -0.39 is 26.6 Å². The monoisotopic (exact) mass is 532 g/mol. The first-order valence-corrected chi connectivity index (χ1v) is 15.6. The van der Waals surface area contributed by atoms with Gasteiger partial charge in [0.2, 0.25) is 0 Å². The number of pyridine rings is 1. The van der Waals surface area contributed by atoms with Gasteiger partial charge in [0.25, 0.3) is 0 Å². The Morgan fingerprint density at radius 2 is 1.47 bits per heavy atom. The third-order valence-electron chi connectivity index (χ3n) is 6.12. The molecule has 0 saturated heterocycles. The largest absolute Gasteiger partial charge is 0.369 e. The van der Waals surface area contributed by atoms with E-state index in [1.54, 1.807) is 33.9 Å². The average molecular weight is 533 g/mol. The van der Waals surface area contributed by atoms with E-state index in [1.165, 1.54) is 0 Å². The quantitative estimate of drug-likeness (QED) is 0.252. The minimum atomic E-state index is -3.66. The summed E-state index contributed by atoms with van der Waals surface area (Å²) in [6.07, 6.45) is 1.90. The number of fused-ring (bicyclic) bond motifs is 3. The zero-order chi connectivity index (χ0) is 25.8. The molecule has 1 aliphatic heterocycles. The predicted molar refractivity (Wildman–Crippen MR) is 144 cm³/mol. The maximum Gasteiger partial charge on any atom is 0.352 e. The summed E-state index contributed by atoms with van der Waals surface area (Å²) in [4.78, 5) is 4.69. The molecule has 0 spiro atoms. The highest BCUT2D eigenvalue weighted by molar-refractivity contribution is 7.55. The number of hydrogen-bond donors (Lipinski definition) is 1. The van der Waals surface area contributed by atoms with Crippen molar-refractivity contribution in [2.24, 2.45) is 0 Å². The molecule has 2 heterocycles. The lowest BCUT2D eigenvalue weighted by Crippen LogP contribution is -2.31. The summed E-state index contributed by atoms with van der Waals surface area (Å²) >= 11 is 0. The van der Waals surface area contributed by atoms with Gasteiger partial charge in [0, 0.05) is 11.6 Å². The fraction of sp³-hybridized carbons (Fsp3) is 0.423. The highest BCUT2D eigenvalue weighted by atomic mass is 31.2. The first kappa shape index (κ1) is 27.0. The topological polar surface area (TPSA) is 96.0 Å². The van der Waals surface area contributed by atoms with Gasteiger partial charge in [-0.25, -0.2) is 0 Å². The summed E-state index contributed by atoms with van der Waals surface area (Å²) in [6, 6.07) is 15.9. The van der Waals surface area contributed by atoms with Crippen LogP contribution in [0, 0.1) is 0 Å². The van der Waals surface area contributed by atoms with Gasteiger partial charge >= 0.3 is 15.2 Å². The molecule has 0 aliphatic carbocycles. The van der Waals surface area contributed by atoms with E-state index >= 15 is 0 Å². The van der Waals surface area contributed by atoms with Crippen LogP contribution in [0.1, 0.15) is 45.3 Å². The molecule has 0 bridgehead atoms. The average Bonchev–Trinajstić information content (AvgIpc) is 2.88. The maximum absolute atomic E-state index is 14.2. The van der Waals surface area contributed by atoms with E-state index in [1.807, 2.05) is 48.5 Å². The SMILES string of the molecule is CCOP(=O)(OCC)C1CC(P(=O)(OCC)OCC)c2cc(-c3ccccc3)c3cccnc3c2N1. The van der Waals surface area contributed by atoms with Crippen molar-refractivity contribution >= 4 is 31.8 Å². The Morgan fingerprint density at radius 1 is 0.861 bits per heavy atom. The molecule has 0 amide bonds. The second-order valence-corrected chi connectivity index (χ2v) is 12.8. The summed E-state index contributed by atoms with van der Waals surface area (Å²) in [6.45, 7) is 7.98. The Balaban J connectivity index is 2.00. The number of rotatable bonds is 11. The molecule has 2 aromatic carbocycles. The molecular weight excluding hydrogens is 498 g/mol. The zero-order valence-electron chi connectivity index (χ0n) is 21.2. The summed E-state index contributed by atoms with van der Waals surface area (Å²) in [7, 11) is -7.28. The summed E-state index contributed by atoms with van der Waals surface area (Å²) < 4.78 is 51.1. The number of aromatic nitrogens is 1. The molecule has 36 heavy (non-hydrogen) atoms. The van der Waals surface area contributed by atoms with E-state index in [2.05, 4.69) is 5.32 Å². The van der Waals surface area contributed by atoms with Crippen molar-refractivity contribution in [2.45, 2.75) is 45.6 Å². The minimum Gasteiger partial charge on any atom is -0.369 e. The molecule has 1 aliphatic rings. The highest BCUT2D eigenvalue weighted by Crippen LogP contribution is 2.69. The van der Waals surface area contributed by atoms with Crippen LogP contribution in [0.15, 0.2) is 54.7 Å². The third kappa shape index (κ3) is 5.17. The van der Waals surface area contributed by atoms with Gasteiger partial charge in [0.15, 0.2) is 0 Å². The Morgan fingerprint density at radius 3 is 2.08 bits per heavy atom. The van der Waals surface area contributed by atoms with Gasteiger partial charge in [-0.15, -0.1) is 0 Å². The molecule has 1 aromatic heterocycles. The lowest BCUT2D eigenvalue weighted by Gasteiger charge is -2.39. The number of hydrogen-bond acceptors (Lipinski definition) is 8. The van der Waals surface area contributed by atoms with E-state index in [4.69, 9.17) is 23.1 Å². The van der Waals surface area contributed by atoms with Gasteiger partial charge in [-0.3, -0.25) is 14.1 Å². The van der Waals surface area contributed by atoms with Crippen LogP contribution in [0.2, 0.25) is 0 Å². The first-order valence-electron chi connectivity index (χ1n) is 12.4. The fourth-order valence-electron chi connectivity index (χ4n) is 4.76. The third-order valence-corrected chi connectivity index (χ3v) is 11.0. The van der Waals surface area contributed by atoms with Crippen molar-refractivity contribution < 1.29 is 27.2 Å². The second kappa shape index (κ2) is 11.6. The van der Waals surface area contributed by atoms with Crippen molar-refractivity contribution in [2.75, 3.05) is 31.7 Å². The highest BCUT2D eigenvalue weighted by Gasteiger charge is 2.49. The van der Waals surface area contributed by atoms with Crippen molar-refractivity contribution in [3.8, 4) is 11.1 Å². The van der Waals surface area contributed by atoms with Crippen LogP contribution in [-0.2, 0) is 27.2 Å². The standard InChI is InChI=1S/C26H34N2O6P2/c1-5-31-35(29,32-6-2)23-18-24(36(30,33-7-3)34-8-4)28-26-22(23)17-21(19-13-10-9-11-14-19)20-15-12-16-27-25(20)26/h9-17,23-24,28H,5-8,18H2,1-4H3. The summed E-state index contributed by atoms with van der Waals surface area (Å²) in [5, 5.41) is 4.32. The summed E-state index contributed by atoms with van der Waals surface area (Å²) in [5.41, 5.74) is 3.35.